The van der Waals surface area contributed by atoms with Crippen molar-refractivity contribution in [2.75, 3.05) is 31.6 Å². The highest BCUT2D eigenvalue weighted by molar-refractivity contribution is 7.98. The molecule has 1 aliphatic heterocycles. The number of carboxylic acids is 1. The Morgan fingerprint density at radius 1 is 0.628 bits per heavy atom. The third-order valence-electron chi connectivity index (χ3n) is 13.3. The number of likely N-dealkylation sites (tertiary alicyclic amines) is 1. The zero-order valence-corrected chi connectivity index (χ0v) is 51.9. The number of para-hydroxylation sites is 1. The van der Waals surface area contributed by atoms with E-state index >= 15 is 14.4 Å². The van der Waals surface area contributed by atoms with Crippen LogP contribution < -0.4 is 42.0 Å². The summed E-state index contributed by atoms with van der Waals surface area (Å²) >= 11 is 1.37. The van der Waals surface area contributed by atoms with Crippen LogP contribution in [0.5, 0.6) is 5.75 Å². The molecule has 4 aromatic rings. The molecule has 2 heterocycles. The van der Waals surface area contributed by atoms with Crippen molar-refractivity contribution < 1.29 is 67.3 Å². The van der Waals surface area contributed by atoms with E-state index in [9.17, 15) is 38.7 Å². The van der Waals surface area contributed by atoms with Crippen molar-refractivity contribution in [3.8, 4) is 5.75 Å². The first-order valence-electron chi connectivity index (χ1n) is 28.8. The number of aliphatic carboxylic acids is 1. The summed E-state index contributed by atoms with van der Waals surface area (Å²) in [5.74, 6) is -5.36. The molecule has 0 aliphatic carbocycles. The first-order valence-corrected chi connectivity index (χ1v) is 30.2. The van der Waals surface area contributed by atoms with E-state index in [2.05, 4.69) is 37.2 Å². The van der Waals surface area contributed by atoms with Gasteiger partial charge in [-0.15, -0.1) is 0 Å². The molecule has 0 spiro atoms. The van der Waals surface area contributed by atoms with Crippen LogP contribution in [0.1, 0.15) is 118 Å². The summed E-state index contributed by atoms with van der Waals surface area (Å²) in [6.07, 6.45) is 2.32. The summed E-state index contributed by atoms with van der Waals surface area (Å²) in [6, 6.07) is 15.3. The minimum absolute atomic E-state index is 0.0272. The minimum atomic E-state index is -1.49. The minimum Gasteiger partial charge on any atom is -0.488 e. The van der Waals surface area contributed by atoms with Crippen LogP contribution in [0.25, 0.3) is 10.9 Å². The molecular formula is C62H85N9O14S. The Kier molecular flexibility index (Phi) is 25.0. The number of carbonyl (C=O) groups excluding carboxylic acids is 9. The van der Waals surface area contributed by atoms with Crippen LogP contribution in [0.2, 0.25) is 0 Å². The van der Waals surface area contributed by atoms with E-state index in [-0.39, 0.29) is 58.0 Å². The van der Waals surface area contributed by atoms with E-state index in [0.717, 1.165) is 5.56 Å². The monoisotopic (exact) mass is 1210 g/mol. The van der Waals surface area contributed by atoms with Crippen molar-refractivity contribution in [1.82, 2.24) is 46.7 Å². The Morgan fingerprint density at radius 2 is 1.20 bits per heavy atom. The van der Waals surface area contributed by atoms with Gasteiger partial charge >= 0.3 is 18.2 Å². The van der Waals surface area contributed by atoms with Crippen molar-refractivity contribution in [3.63, 3.8) is 0 Å². The number of rotatable bonds is 27. The second-order valence-electron chi connectivity index (χ2n) is 24.1. The maximum Gasteiger partial charge on any atom is 0.419 e. The van der Waals surface area contributed by atoms with Crippen molar-refractivity contribution in [3.05, 3.63) is 102 Å². The average molecular weight is 1210 g/mol. The Balaban J connectivity index is 1.50. The predicted molar refractivity (Wildman–Crippen MR) is 325 cm³/mol. The first kappa shape index (κ1) is 68.6. The molecule has 0 bridgehead atoms. The smallest absolute Gasteiger partial charge is 0.419 e. The third kappa shape index (κ3) is 22.4. The van der Waals surface area contributed by atoms with Crippen LogP contribution in [0.15, 0.2) is 85.1 Å². The summed E-state index contributed by atoms with van der Waals surface area (Å²) in [6.45, 7) is 16.6. The molecule has 86 heavy (non-hydrogen) atoms. The number of carboxylic acid groups (broad SMARTS) is 1. The molecular weight excluding hydrogens is 1130 g/mol. The second kappa shape index (κ2) is 31.3. The SMILES string of the molecule is CSCC[C@H](NC(=O)[C@H](Cc1cn(C(=O)OC(C)(C)C)c2ccccc12)NC(=O)[C@@H]1CCCN1C(=O)[C@H](Cc1ccc(OC(C)(C)C)cc1)NC(=O)[C@H](Cc1ccccc1)NC(C)=O)C(=O)N[C@@H](CCCNC(=O)OC(C)(C)C)C(=O)NCC(=O)O. The van der Waals surface area contributed by atoms with E-state index in [4.69, 9.17) is 14.2 Å². The first-order chi connectivity index (χ1) is 40.4. The van der Waals surface area contributed by atoms with Gasteiger partial charge < -0.3 is 61.4 Å². The fraction of sp³-hybridized carbons (Fsp3) is 0.516. The van der Waals surface area contributed by atoms with Gasteiger partial charge in [-0.3, -0.25) is 42.9 Å². The number of alkyl carbamates (subject to hydrolysis) is 1. The number of fused-ring (bicyclic) bond motifs is 1. The number of carbonyl (C=O) groups is 10. The molecule has 0 unspecified atom stereocenters. The molecule has 24 heteroatoms. The van der Waals surface area contributed by atoms with Gasteiger partial charge in [0, 0.05) is 50.9 Å². The van der Waals surface area contributed by atoms with Gasteiger partial charge in [0.2, 0.25) is 41.4 Å². The van der Waals surface area contributed by atoms with E-state index < -0.39 is 119 Å². The molecule has 5 rings (SSSR count). The van der Waals surface area contributed by atoms with E-state index in [1.807, 2.05) is 39.0 Å². The summed E-state index contributed by atoms with van der Waals surface area (Å²) in [4.78, 5) is 139. The number of nitrogens with zero attached hydrogens (tertiary/aromatic N) is 2. The quantitative estimate of drug-likeness (QED) is 0.0350. The second-order valence-corrected chi connectivity index (χ2v) is 25.1. The molecule has 23 nitrogen and oxygen atoms in total. The molecule has 0 saturated carbocycles. The number of hydrogen-bond donors (Lipinski definition) is 8. The number of hydrogen-bond acceptors (Lipinski definition) is 14. The Hall–Kier alpha value is -8.15. The molecule has 3 aromatic carbocycles. The summed E-state index contributed by atoms with van der Waals surface area (Å²) in [7, 11) is 0. The van der Waals surface area contributed by atoms with Gasteiger partial charge in [0.1, 0.15) is 65.3 Å². The van der Waals surface area contributed by atoms with Crippen molar-refractivity contribution in [1.29, 1.82) is 0 Å². The summed E-state index contributed by atoms with van der Waals surface area (Å²) < 4.78 is 18.4. The predicted octanol–water partition coefficient (Wildman–Crippen LogP) is 5.32. The largest absolute Gasteiger partial charge is 0.488 e. The van der Waals surface area contributed by atoms with Crippen LogP contribution in [0.4, 0.5) is 9.59 Å². The lowest BCUT2D eigenvalue weighted by atomic mass is 10.0. The molecule has 1 aliphatic rings. The molecule has 8 amide bonds. The van der Waals surface area contributed by atoms with Crippen LogP contribution in [-0.2, 0) is 67.1 Å². The lowest BCUT2D eigenvalue weighted by Gasteiger charge is -2.31. The number of nitrogens with one attached hydrogen (secondary N) is 7. The van der Waals surface area contributed by atoms with E-state index in [1.54, 1.807) is 108 Å². The van der Waals surface area contributed by atoms with Gasteiger partial charge in [-0.2, -0.15) is 11.8 Å². The van der Waals surface area contributed by atoms with Crippen molar-refractivity contribution in [2.24, 2.45) is 0 Å². The Morgan fingerprint density at radius 3 is 1.80 bits per heavy atom. The average Bonchev–Trinajstić information content (AvgIpc) is 1.93. The van der Waals surface area contributed by atoms with Crippen LogP contribution in [-0.4, -0.2) is 159 Å². The van der Waals surface area contributed by atoms with Gasteiger partial charge in [-0.05, 0) is 141 Å². The number of aromatic nitrogens is 1. The van der Waals surface area contributed by atoms with Gasteiger partial charge in [-0.1, -0.05) is 60.7 Å². The summed E-state index contributed by atoms with van der Waals surface area (Å²) in [5, 5.41) is 28.7. The molecule has 1 saturated heterocycles. The third-order valence-corrected chi connectivity index (χ3v) is 13.9. The standard InChI is InChI=1S/C62H85N9O14S/c1-38(72)65-46(33-39-19-13-12-14-20-39)54(77)69-48(34-40-25-27-42(28-26-40)83-60(2,3)4)57(80)70-31-18-24-50(70)56(79)68-47(35-41-37-71(59(82)85-62(8,9)10)49-23-16-15-21-43(41)49)55(78)67-45(29-32-86-11)53(76)66-44(52(75)64-36-51(73)74)22-17-30-63-58(81)84-61(5,6)7/h12-16,19-21,23,25-28,37,44-48,50H,17-18,22,24,29-36H2,1-11H3,(H,63,81)(H,64,75)(H,65,72)(H,66,76)(H,67,78)(H,68,79)(H,69,77)(H,73,74)/t44-,45-,46-,47-,48-,50-/m0/s1. The molecule has 1 aromatic heterocycles. The molecule has 0 radical (unpaired) electrons. The number of amides is 8. The molecule has 8 N–H and O–H groups in total. The molecule has 468 valence electrons. The van der Waals surface area contributed by atoms with E-state index in [0.29, 0.717) is 40.0 Å². The Bertz CT molecular complexity index is 3020. The van der Waals surface area contributed by atoms with Gasteiger partial charge in [-0.25, -0.2) is 9.59 Å². The molecule has 1 fully saturated rings. The summed E-state index contributed by atoms with van der Waals surface area (Å²) in [5.41, 5.74) is 0.105. The number of thioether (sulfide) groups is 1. The van der Waals surface area contributed by atoms with E-state index in [1.165, 1.54) is 34.3 Å². The maximum atomic E-state index is 15.1. The highest BCUT2D eigenvalue weighted by atomic mass is 32.2. The van der Waals surface area contributed by atoms with Crippen LogP contribution in [0, 0.1) is 0 Å². The normalized spacial score (nSPS) is 15.2. The van der Waals surface area contributed by atoms with Crippen molar-refractivity contribution in [2.45, 2.75) is 174 Å². The molecule has 6 atom stereocenters. The number of ether oxygens (including phenoxy) is 3. The van der Waals surface area contributed by atoms with Gasteiger partial charge in [0.15, 0.2) is 0 Å². The van der Waals surface area contributed by atoms with Crippen LogP contribution >= 0.6 is 11.8 Å². The van der Waals surface area contributed by atoms with Crippen molar-refractivity contribution >= 4 is 82.2 Å². The highest BCUT2D eigenvalue weighted by Crippen LogP contribution is 2.27. The number of benzene rings is 3. The van der Waals surface area contributed by atoms with Gasteiger partial charge in [0.25, 0.3) is 0 Å². The topological polar surface area (TPSA) is 311 Å². The lowest BCUT2D eigenvalue weighted by molar-refractivity contribution is -0.142. The zero-order valence-electron chi connectivity index (χ0n) is 51.1. The zero-order chi connectivity index (χ0) is 63.5. The van der Waals surface area contributed by atoms with Gasteiger partial charge in [0.05, 0.1) is 5.52 Å². The lowest BCUT2D eigenvalue weighted by Crippen LogP contribution is -2.60. The van der Waals surface area contributed by atoms with Crippen LogP contribution in [0.3, 0.4) is 0 Å². The fourth-order valence-electron chi connectivity index (χ4n) is 9.55. The Labute approximate surface area is 506 Å². The maximum absolute atomic E-state index is 15.1. The fourth-order valence-corrected chi connectivity index (χ4v) is 10.0. The highest BCUT2D eigenvalue weighted by Gasteiger charge is 2.41.